The minimum Gasteiger partial charge on any atom is -0.484 e. The monoisotopic (exact) mass is 341 g/mol. The number of carbonyl (C=O) groups is 1. The number of furan rings is 1. The van der Waals surface area contributed by atoms with Crippen molar-refractivity contribution >= 4 is 5.91 Å². The summed E-state index contributed by atoms with van der Waals surface area (Å²) in [4.78, 5) is 16.1. The van der Waals surface area contributed by atoms with E-state index in [0.717, 1.165) is 5.56 Å². The van der Waals surface area contributed by atoms with Gasteiger partial charge in [0.25, 0.3) is 11.8 Å². The van der Waals surface area contributed by atoms with Gasteiger partial charge >= 0.3 is 0 Å². The van der Waals surface area contributed by atoms with Gasteiger partial charge in [-0.25, -0.2) is 0 Å². The molecule has 0 saturated carbocycles. The molecular formula is C18H19N3O4. The molecule has 3 rings (SSSR count). The molecule has 130 valence electrons. The summed E-state index contributed by atoms with van der Waals surface area (Å²) in [6.07, 6.45) is 1.56. The Kier molecular flexibility index (Phi) is 5.13. The minimum absolute atomic E-state index is 0.0713. The molecule has 2 heterocycles. The predicted octanol–water partition coefficient (Wildman–Crippen LogP) is 3.15. The summed E-state index contributed by atoms with van der Waals surface area (Å²) in [5, 5.41) is 6.65. The molecule has 25 heavy (non-hydrogen) atoms. The van der Waals surface area contributed by atoms with E-state index in [9.17, 15) is 4.79 Å². The van der Waals surface area contributed by atoms with Crippen LogP contribution < -0.4 is 10.1 Å². The molecule has 0 saturated heterocycles. The Morgan fingerprint density at radius 1 is 1.24 bits per heavy atom. The molecule has 1 amide bonds. The Morgan fingerprint density at radius 2 is 2.04 bits per heavy atom. The zero-order valence-electron chi connectivity index (χ0n) is 14.1. The Labute approximate surface area is 145 Å². The van der Waals surface area contributed by atoms with Gasteiger partial charge < -0.3 is 19.0 Å². The summed E-state index contributed by atoms with van der Waals surface area (Å²) < 4.78 is 15.8. The van der Waals surface area contributed by atoms with Crippen LogP contribution in [0.2, 0.25) is 0 Å². The normalized spacial score (nSPS) is 10.8. The van der Waals surface area contributed by atoms with E-state index in [1.807, 2.05) is 26.0 Å². The third-order valence-corrected chi connectivity index (χ3v) is 3.47. The standard InChI is InChI=1S/C18H19N3O4/c1-12(2)17-20-18(25-21-17)13-5-7-14(8-6-13)24-11-16(22)19-10-15-4-3-9-23-15/h3-9,12H,10-11H2,1-2H3,(H,19,22). The molecule has 2 aromatic heterocycles. The van der Waals surface area contributed by atoms with Crippen molar-refractivity contribution in [2.75, 3.05) is 6.61 Å². The Morgan fingerprint density at radius 3 is 2.68 bits per heavy atom. The second-order valence-corrected chi connectivity index (χ2v) is 5.78. The van der Waals surface area contributed by atoms with Crippen LogP contribution in [0.5, 0.6) is 5.75 Å². The van der Waals surface area contributed by atoms with Gasteiger partial charge in [-0.3, -0.25) is 4.79 Å². The lowest BCUT2D eigenvalue weighted by Crippen LogP contribution is -2.28. The van der Waals surface area contributed by atoms with Crippen LogP contribution in [0.15, 0.2) is 51.6 Å². The summed E-state index contributed by atoms with van der Waals surface area (Å²) in [5.41, 5.74) is 0.800. The van der Waals surface area contributed by atoms with Crippen LogP contribution >= 0.6 is 0 Å². The number of aromatic nitrogens is 2. The van der Waals surface area contributed by atoms with Crippen molar-refractivity contribution in [3.05, 3.63) is 54.2 Å². The predicted molar refractivity (Wildman–Crippen MR) is 89.9 cm³/mol. The zero-order valence-corrected chi connectivity index (χ0v) is 14.1. The van der Waals surface area contributed by atoms with Crippen molar-refractivity contribution in [1.82, 2.24) is 15.5 Å². The third-order valence-electron chi connectivity index (χ3n) is 3.47. The van der Waals surface area contributed by atoms with Crippen LogP contribution in [0.25, 0.3) is 11.5 Å². The van der Waals surface area contributed by atoms with Crippen LogP contribution in [-0.4, -0.2) is 22.7 Å². The van der Waals surface area contributed by atoms with Crippen molar-refractivity contribution in [2.24, 2.45) is 0 Å². The summed E-state index contributed by atoms with van der Waals surface area (Å²) in [7, 11) is 0. The largest absolute Gasteiger partial charge is 0.484 e. The second-order valence-electron chi connectivity index (χ2n) is 5.78. The van der Waals surface area contributed by atoms with Gasteiger partial charge in [0.15, 0.2) is 12.4 Å². The first-order chi connectivity index (χ1) is 12.1. The number of ether oxygens (including phenoxy) is 1. The van der Waals surface area contributed by atoms with E-state index in [1.54, 1.807) is 30.5 Å². The van der Waals surface area contributed by atoms with E-state index in [4.69, 9.17) is 13.7 Å². The van der Waals surface area contributed by atoms with Gasteiger partial charge in [0.05, 0.1) is 12.8 Å². The number of hydrogen-bond donors (Lipinski definition) is 1. The summed E-state index contributed by atoms with van der Waals surface area (Å²) >= 11 is 0. The Bertz CT molecular complexity index is 807. The molecule has 3 aromatic rings. The number of nitrogens with one attached hydrogen (secondary N) is 1. The van der Waals surface area contributed by atoms with Gasteiger partial charge in [-0.1, -0.05) is 19.0 Å². The molecule has 1 N–H and O–H groups in total. The molecular weight excluding hydrogens is 322 g/mol. The molecule has 0 aliphatic rings. The molecule has 0 radical (unpaired) electrons. The summed E-state index contributed by atoms with van der Waals surface area (Å²) in [6, 6.07) is 10.7. The fourth-order valence-electron chi connectivity index (χ4n) is 2.08. The van der Waals surface area contributed by atoms with Crippen molar-refractivity contribution in [3.8, 4) is 17.2 Å². The molecule has 0 fully saturated rings. The van der Waals surface area contributed by atoms with E-state index in [1.165, 1.54) is 0 Å². The topological polar surface area (TPSA) is 90.4 Å². The van der Waals surface area contributed by atoms with Crippen LogP contribution in [0.3, 0.4) is 0 Å². The fraction of sp³-hybridized carbons (Fsp3) is 0.278. The lowest BCUT2D eigenvalue weighted by molar-refractivity contribution is -0.123. The van der Waals surface area contributed by atoms with Crippen molar-refractivity contribution in [3.63, 3.8) is 0 Å². The van der Waals surface area contributed by atoms with Gasteiger partial charge in [0, 0.05) is 11.5 Å². The van der Waals surface area contributed by atoms with Gasteiger partial charge in [-0.15, -0.1) is 0 Å². The maximum Gasteiger partial charge on any atom is 0.258 e. The highest BCUT2D eigenvalue weighted by Crippen LogP contribution is 2.22. The van der Waals surface area contributed by atoms with Crippen LogP contribution in [0, 0.1) is 0 Å². The molecule has 0 spiro atoms. The average molecular weight is 341 g/mol. The molecule has 0 atom stereocenters. The SMILES string of the molecule is CC(C)c1noc(-c2ccc(OCC(=O)NCc3ccco3)cc2)n1. The second kappa shape index (κ2) is 7.65. The van der Waals surface area contributed by atoms with Crippen molar-refractivity contribution in [1.29, 1.82) is 0 Å². The highest BCUT2D eigenvalue weighted by molar-refractivity contribution is 5.77. The van der Waals surface area contributed by atoms with Crippen molar-refractivity contribution < 1.29 is 18.5 Å². The third kappa shape index (κ3) is 4.47. The highest BCUT2D eigenvalue weighted by atomic mass is 16.5. The number of nitrogens with zero attached hydrogens (tertiary/aromatic N) is 2. The molecule has 7 heteroatoms. The highest BCUT2D eigenvalue weighted by Gasteiger charge is 2.11. The van der Waals surface area contributed by atoms with Crippen LogP contribution in [-0.2, 0) is 11.3 Å². The molecule has 0 aliphatic carbocycles. The zero-order chi connectivity index (χ0) is 17.6. The first kappa shape index (κ1) is 16.8. The molecule has 1 aromatic carbocycles. The minimum atomic E-state index is -0.223. The molecule has 0 bridgehead atoms. The van der Waals surface area contributed by atoms with E-state index in [2.05, 4.69) is 15.5 Å². The lowest BCUT2D eigenvalue weighted by atomic mass is 10.2. The fourth-order valence-corrected chi connectivity index (χ4v) is 2.08. The van der Waals surface area contributed by atoms with Gasteiger partial charge in [0.1, 0.15) is 11.5 Å². The molecule has 7 nitrogen and oxygen atoms in total. The van der Waals surface area contributed by atoms with Crippen LogP contribution in [0.1, 0.15) is 31.4 Å². The Balaban J connectivity index is 1.51. The first-order valence-electron chi connectivity index (χ1n) is 7.98. The smallest absolute Gasteiger partial charge is 0.258 e. The van der Waals surface area contributed by atoms with E-state index < -0.39 is 0 Å². The number of hydrogen-bond acceptors (Lipinski definition) is 6. The quantitative estimate of drug-likeness (QED) is 0.710. The average Bonchev–Trinajstić information content (AvgIpc) is 3.30. The summed E-state index contributed by atoms with van der Waals surface area (Å²) in [5.74, 6) is 2.40. The van der Waals surface area contributed by atoms with Gasteiger partial charge in [-0.2, -0.15) is 4.98 Å². The number of amides is 1. The van der Waals surface area contributed by atoms with Crippen molar-refractivity contribution in [2.45, 2.75) is 26.3 Å². The van der Waals surface area contributed by atoms with E-state index in [0.29, 0.717) is 29.8 Å². The molecule has 0 aliphatic heterocycles. The van der Waals surface area contributed by atoms with Gasteiger partial charge in [0.2, 0.25) is 0 Å². The first-order valence-corrected chi connectivity index (χ1v) is 7.98. The van der Waals surface area contributed by atoms with Gasteiger partial charge in [-0.05, 0) is 36.4 Å². The Hall–Kier alpha value is -3.09. The lowest BCUT2D eigenvalue weighted by Gasteiger charge is -2.06. The number of rotatable bonds is 7. The molecule has 0 unspecified atom stereocenters. The maximum atomic E-state index is 11.8. The van der Waals surface area contributed by atoms with Crippen LogP contribution in [0.4, 0.5) is 0 Å². The number of carbonyl (C=O) groups excluding carboxylic acids is 1. The van der Waals surface area contributed by atoms with E-state index >= 15 is 0 Å². The summed E-state index contributed by atoms with van der Waals surface area (Å²) in [6.45, 7) is 4.27. The van der Waals surface area contributed by atoms with E-state index in [-0.39, 0.29) is 18.4 Å². The maximum absolute atomic E-state index is 11.8. The number of benzene rings is 1.